The van der Waals surface area contributed by atoms with Crippen molar-refractivity contribution in [2.24, 2.45) is 4.99 Å². The van der Waals surface area contributed by atoms with Gasteiger partial charge in [0, 0.05) is 5.70 Å². The molecule has 0 aliphatic rings. The van der Waals surface area contributed by atoms with Gasteiger partial charge in [0.25, 0.3) is 5.56 Å². The molecule has 1 aromatic heterocycles. The van der Waals surface area contributed by atoms with E-state index in [1.807, 2.05) is 33.8 Å². The predicted molar refractivity (Wildman–Crippen MR) is 83.3 cm³/mol. The maximum atomic E-state index is 11.4. The first-order valence-electron chi connectivity index (χ1n) is 6.55. The molecule has 0 unspecified atom stereocenters. The van der Waals surface area contributed by atoms with E-state index in [4.69, 9.17) is 4.74 Å². The van der Waals surface area contributed by atoms with Crippen molar-refractivity contribution < 1.29 is 4.74 Å². The van der Waals surface area contributed by atoms with Crippen LogP contribution in [0.3, 0.4) is 0 Å². The van der Waals surface area contributed by atoms with Crippen molar-refractivity contribution in [3.05, 3.63) is 46.4 Å². The van der Waals surface area contributed by atoms with E-state index in [1.54, 1.807) is 13.8 Å². The minimum absolute atomic E-state index is 0.230. The number of nitrogens with one attached hydrogen (secondary N) is 1. The Morgan fingerprint density at radius 1 is 1.45 bits per heavy atom. The van der Waals surface area contributed by atoms with E-state index in [1.165, 1.54) is 6.33 Å². The van der Waals surface area contributed by atoms with Gasteiger partial charge in [-0.15, -0.1) is 0 Å². The van der Waals surface area contributed by atoms with E-state index in [2.05, 4.69) is 21.5 Å². The molecule has 110 valence electrons. The Morgan fingerprint density at radius 2 is 2.05 bits per heavy atom. The molecule has 0 fully saturated rings. The Kier molecular flexibility index (Phi) is 7.89. The van der Waals surface area contributed by atoms with Gasteiger partial charge < -0.3 is 9.72 Å². The number of aromatic amines is 1. The molecule has 0 amide bonds. The van der Waals surface area contributed by atoms with E-state index in [-0.39, 0.29) is 11.4 Å². The van der Waals surface area contributed by atoms with Gasteiger partial charge in [-0.1, -0.05) is 26.5 Å². The SMILES string of the molecule is C=C(Oc1nc[nH]c(=O)c1C)C(C)=N/C(C)=C\C.CC. The van der Waals surface area contributed by atoms with Crippen molar-refractivity contribution in [3.63, 3.8) is 0 Å². The Bertz CT molecular complexity index is 569. The van der Waals surface area contributed by atoms with Gasteiger partial charge in [0.05, 0.1) is 17.6 Å². The fourth-order valence-electron chi connectivity index (χ4n) is 1.14. The number of hydrogen-bond donors (Lipinski definition) is 1. The minimum Gasteiger partial charge on any atom is -0.437 e. The van der Waals surface area contributed by atoms with Crippen molar-refractivity contribution in [3.8, 4) is 5.88 Å². The molecular formula is C15H23N3O2. The summed E-state index contributed by atoms with van der Waals surface area (Å²) in [6.07, 6.45) is 3.18. The zero-order chi connectivity index (χ0) is 15.7. The van der Waals surface area contributed by atoms with Gasteiger partial charge in [-0.3, -0.25) is 9.79 Å². The van der Waals surface area contributed by atoms with Crippen LogP contribution in [-0.2, 0) is 0 Å². The van der Waals surface area contributed by atoms with Crippen LogP contribution in [0.25, 0.3) is 0 Å². The van der Waals surface area contributed by atoms with E-state index in [0.717, 1.165) is 5.70 Å². The van der Waals surface area contributed by atoms with E-state index >= 15 is 0 Å². The van der Waals surface area contributed by atoms with Crippen LogP contribution < -0.4 is 10.3 Å². The summed E-state index contributed by atoms with van der Waals surface area (Å²) >= 11 is 0. The Morgan fingerprint density at radius 3 is 2.60 bits per heavy atom. The van der Waals surface area contributed by atoms with Gasteiger partial charge in [-0.05, 0) is 27.7 Å². The molecule has 0 aliphatic carbocycles. The first-order valence-corrected chi connectivity index (χ1v) is 6.55. The fraction of sp³-hybridized carbons (Fsp3) is 0.400. The molecule has 5 heteroatoms. The van der Waals surface area contributed by atoms with Gasteiger partial charge in [0.2, 0.25) is 5.88 Å². The summed E-state index contributed by atoms with van der Waals surface area (Å²) in [5.74, 6) is 0.619. The summed E-state index contributed by atoms with van der Waals surface area (Å²) in [4.78, 5) is 22.1. The maximum Gasteiger partial charge on any atom is 0.257 e. The van der Waals surface area contributed by atoms with Crippen molar-refractivity contribution in [2.75, 3.05) is 0 Å². The molecule has 0 radical (unpaired) electrons. The second-order valence-electron chi connectivity index (χ2n) is 3.81. The fourth-order valence-corrected chi connectivity index (χ4v) is 1.14. The molecule has 1 N–H and O–H groups in total. The lowest BCUT2D eigenvalue weighted by atomic mass is 10.3. The van der Waals surface area contributed by atoms with Crippen LogP contribution >= 0.6 is 0 Å². The van der Waals surface area contributed by atoms with Gasteiger partial charge >= 0.3 is 0 Å². The Hall–Kier alpha value is -2.17. The Labute approximate surface area is 120 Å². The lowest BCUT2D eigenvalue weighted by molar-refractivity contribution is 0.431. The largest absolute Gasteiger partial charge is 0.437 e. The second kappa shape index (κ2) is 8.85. The van der Waals surface area contributed by atoms with E-state index in [9.17, 15) is 4.79 Å². The third-order valence-corrected chi connectivity index (χ3v) is 2.42. The topological polar surface area (TPSA) is 67.3 Å². The van der Waals surface area contributed by atoms with Crippen molar-refractivity contribution in [1.29, 1.82) is 0 Å². The van der Waals surface area contributed by atoms with Crippen molar-refractivity contribution >= 4 is 5.71 Å². The molecule has 0 bridgehead atoms. The number of aliphatic imine (C=N–C) groups is 1. The van der Waals surface area contributed by atoms with Crippen LogP contribution in [-0.4, -0.2) is 15.7 Å². The van der Waals surface area contributed by atoms with Crippen LogP contribution in [0.2, 0.25) is 0 Å². The molecule has 0 saturated carbocycles. The summed E-state index contributed by atoms with van der Waals surface area (Å²) in [6, 6.07) is 0. The zero-order valence-electron chi connectivity index (χ0n) is 13.1. The van der Waals surface area contributed by atoms with Gasteiger partial charge in [-0.25, -0.2) is 4.98 Å². The van der Waals surface area contributed by atoms with Gasteiger partial charge in [0.15, 0.2) is 0 Å². The average molecular weight is 277 g/mol. The van der Waals surface area contributed by atoms with Crippen molar-refractivity contribution in [1.82, 2.24) is 9.97 Å². The van der Waals surface area contributed by atoms with Gasteiger partial charge in [0.1, 0.15) is 5.76 Å². The third-order valence-electron chi connectivity index (χ3n) is 2.42. The summed E-state index contributed by atoms with van der Waals surface area (Å²) < 4.78 is 5.45. The maximum absolute atomic E-state index is 11.4. The molecule has 0 saturated heterocycles. The number of rotatable bonds is 4. The molecule has 5 nitrogen and oxygen atoms in total. The number of H-pyrrole nitrogens is 1. The zero-order valence-corrected chi connectivity index (χ0v) is 13.1. The highest BCUT2D eigenvalue weighted by atomic mass is 16.5. The minimum atomic E-state index is -0.230. The van der Waals surface area contributed by atoms with Gasteiger partial charge in [-0.2, -0.15) is 0 Å². The number of aromatic nitrogens is 2. The molecule has 1 heterocycles. The lowest BCUT2D eigenvalue weighted by Gasteiger charge is -2.08. The third kappa shape index (κ3) is 5.22. The predicted octanol–water partition coefficient (Wildman–Crippen LogP) is 3.38. The highest BCUT2D eigenvalue weighted by Crippen LogP contribution is 2.12. The molecule has 1 rings (SSSR count). The van der Waals surface area contributed by atoms with Crippen LogP contribution in [0.4, 0.5) is 0 Å². The van der Waals surface area contributed by atoms with Crippen LogP contribution in [0, 0.1) is 6.92 Å². The number of hydrogen-bond acceptors (Lipinski definition) is 4. The highest BCUT2D eigenvalue weighted by molar-refractivity contribution is 5.96. The second-order valence-corrected chi connectivity index (χ2v) is 3.81. The van der Waals surface area contributed by atoms with Crippen molar-refractivity contribution in [2.45, 2.75) is 41.5 Å². The lowest BCUT2D eigenvalue weighted by Crippen LogP contribution is -2.14. The Balaban J connectivity index is 0.00000172. The van der Waals surface area contributed by atoms with E-state index in [0.29, 0.717) is 17.0 Å². The van der Waals surface area contributed by atoms with Crippen LogP contribution in [0.15, 0.2) is 40.2 Å². The summed E-state index contributed by atoms with van der Waals surface area (Å²) in [5.41, 5.74) is 1.70. The molecule has 0 spiro atoms. The number of nitrogens with zero attached hydrogens (tertiary/aromatic N) is 2. The van der Waals surface area contributed by atoms with E-state index < -0.39 is 0 Å². The first kappa shape index (κ1) is 17.8. The summed E-state index contributed by atoms with van der Waals surface area (Å²) in [7, 11) is 0. The number of allylic oxidation sites excluding steroid dienone is 3. The normalized spacial score (nSPS) is 11.5. The summed E-state index contributed by atoms with van der Waals surface area (Å²) in [6.45, 7) is 15.0. The quantitative estimate of drug-likeness (QED) is 0.677. The standard InChI is InChI=1S/C13H17N3O2.C2H6/c1-6-8(2)16-10(4)11(5)18-13-9(3)12(17)14-7-15-13;1-2/h6-7H,5H2,1-4H3,(H,14,15,17);1-2H3/b8-6-,16-10?;. The molecule has 1 aromatic rings. The first-order chi connectivity index (χ1) is 9.45. The average Bonchev–Trinajstić information content (AvgIpc) is 2.45. The molecule has 0 atom stereocenters. The highest BCUT2D eigenvalue weighted by Gasteiger charge is 2.08. The van der Waals surface area contributed by atoms with Crippen LogP contribution in [0.5, 0.6) is 5.88 Å². The summed E-state index contributed by atoms with van der Waals surface area (Å²) in [5, 5.41) is 0. The molecule has 0 aromatic carbocycles. The molecule has 20 heavy (non-hydrogen) atoms. The monoisotopic (exact) mass is 277 g/mol. The number of ether oxygens (including phenoxy) is 1. The van der Waals surface area contributed by atoms with Crippen LogP contribution in [0.1, 0.15) is 40.2 Å². The molecule has 0 aliphatic heterocycles. The smallest absolute Gasteiger partial charge is 0.257 e. The molecular weight excluding hydrogens is 254 g/mol.